The zero-order valence-corrected chi connectivity index (χ0v) is 15.1. The van der Waals surface area contributed by atoms with Gasteiger partial charge in [0.15, 0.2) is 0 Å². The van der Waals surface area contributed by atoms with Crippen LogP contribution in [-0.4, -0.2) is 16.3 Å². The van der Waals surface area contributed by atoms with Gasteiger partial charge in [0.25, 0.3) is 6.20 Å². The molecule has 7 nitrogen and oxygen atoms in total. The number of anilines is 2. The molecular weight excluding hydrogens is 431 g/mol. The number of carbonyl (C=O) groups is 1. The molecule has 0 fully saturated rings. The molecule has 2 N–H and O–H groups in total. The van der Waals surface area contributed by atoms with Gasteiger partial charge in [0, 0.05) is 16.2 Å². The van der Waals surface area contributed by atoms with E-state index in [2.05, 4.69) is 36.8 Å². The Hall–Kier alpha value is -2.95. The van der Waals surface area contributed by atoms with E-state index in [1.807, 2.05) is 24.3 Å². The van der Waals surface area contributed by atoms with Gasteiger partial charge in [-0.1, -0.05) is 28.1 Å². The van der Waals surface area contributed by atoms with Crippen molar-refractivity contribution >= 4 is 33.5 Å². The molecule has 11 heteroatoms. The summed E-state index contributed by atoms with van der Waals surface area (Å²) in [5.41, 5.74) is -0.112. The van der Waals surface area contributed by atoms with Crippen LogP contribution in [0.4, 0.5) is 29.5 Å². The van der Waals surface area contributed by atoms with Gasteiger partial charge in [0.1, 0.15) is 0 Å². The molecule has 0 saturated heterocycles. The predicted molar refractivity (Wildman–Crippen MR) is 91.8 cm³/mol. The van der Waals surface area contributed by atoms with Gasteiger partial charge in [-0.15, -0.1) is 0 Å². The van der Waals surface area contributed by atoms with Crippen LogP contribution < -0.4 is 15.3 Å². The number of pyridine rings is 1. The molecule has 0 atom stereocenters. The summed E-state index contributed by atoms with van der Waals surface area (Å²) in [6, 6.07) is 7.54. The topological polar surface area (TPSA) is 83.9 Å². The number of carbonyl (C=O) groups excluding carboxylic acids is 1. The lowest BCUT2D eigenvalue weighted by atomic mass is 10.2. The molecule has 3 rings (SSSR count). The van der Waals surface area contributed by atoms with Gasteiger partial charge in [-0.25, -0.2) is 4.79 Å². The van der Waals surface area contributed by atoms with Gasteiger partial charge in [0.2, 0.25) is 11.8 Å². The SMILES string of the molecule is O=C(Nc1cncc(C(F)(F)F)c1)Nc1c[n+](Cc2ccc(Br)cc2)no1. The lowest BCUT2D eigenvalue weighted by Crippen LogP contribution is -2.35. The van der Waals surface area contributed by atoms with E-state index in [-0.39, 0.29) is 11.6 Å². The van der Waals surface area contributed by atoms with E-state index in [0.29, 0.717) is 12.7 Å². The normalized spacial score (nSPS) is 11.3. The first-order valence-electron chi connectivity index (χ1n) is 7.51. The van der Waals surface area contributed by atoms with Crippen LogP contribution in [0.3, 0.4) is 0 Å². The highest BCUT2D eigenvalue weighted by atomic mass is 79.9. The minimum atomic E-state index is -4.55. The summed E-state index contributed by atoms with van der Waals surface area (Å²) in [7, 11) is 0. The standard InChI is InChI=1S/C16H11BrF3N5O2/c17-12-3-1-10(2-4-12)8-25-9-14(27-24-25)23-15(26)22-13-5-11(6-21-7-13)16(18,19)20/h1-7,9H,8H2,(H-,22,23,24,26)/p+1. The Kier molecular flexibility index (Phi) is 5.40. The monoisotopic (exact) mass is 442 g/mol. The highest BCUT2D eigenvalue weighted by Crippen LogP contribution is 2.29. The van der Waals surface area contributed by atoms with E-state index in [1.165, 1.54) is 10.9 Å². The molecule has 1 aromatic carbocycles. The maximum atomic E-state index is 12.7. The fourth-order valence-corrected chi connectivity index (χ4v) is 2.39. The maximum absolute atomic E-state index is 12.7. The van der Waals surface area contributed by atoms with E-state index in [9.17, 15) is 18.0 Å². The summed E-state index contributed by atoms with van der Waals surface area (Å²) in [4.78, 5) is 15.4. The molecule has 0 radical (unpaired) electrons. The summed E-state index contributed by atoms with van der Waals surface area (Å²) >= 11 is 3.34. The van der Waals surface area contributed by atoms with Crippen LogP contribution in [-0.2, 0) is 12.7 Å². The Morgan fingerprint density at radius 1 is 1.19 bits per heavy atom. The van der Waals surface area contributed by atoms with E-state index in [0.717, 1.165) is 22.3 Å². The summed E-state index contributed by atoms with van der Waals surface area (Å²) in [6.07, 6.45) is -1.33. The number of halogens is 4. The average molecular weight is 443 g/mol. The maximum Gasteiger partial charge on any atom is 0.417 e. The van der Waals surface area contributed by atoms with Crippen molar-refractivity contribution in [1.29, 1.82) is 0 Å². The van der Waals surface area contributed by atoms with Crippen molar-refractivity contribution in [2.75, 3.05) is 10.6 Å². The third-order valence-electron chi connectivity index (χ3n) is 3.33. The second-order valence-corrected chi connectivity index (χ2v) is 6.35. The van der Waals surface area contributed by atoms with E-state index < -0.39 is 17.8 Å². The van der Waals surface area contributed by atoms with E-state index >= 15 is 0 Å². The summed E-state index contributed by atoms with van der Waals surface area (Å²) in [6.45, 7) is 0.414. The molecule has 0 aliphatic carbocycles. The fourth-order valence-electron chi connectivity index (χ4n) is 2.12. The van der Waals surface area contributed by atoms with Crippen molar-refractivity contribution in [1.82, 2.24) is 10.3 Å². The first kappa shape index (κ1) is 18.8. The minimum absolute atomic E-state index is 0.0320. The van der Waals surface area contributed by atoms with Crippen LogP contribution in [0.15, 0.2) is 57.9 Å². The molecule has 3 aromatic rings. The quantitative estimate of drug-likeness (QED) is 0.601. The molecule has 2 amide bonds. The van der Waals surface area contributed by atoms with Crippen LogP contribution in [0.2, 0.25) is 0 Å². The van der Waals surface area contributed by atoms with Crippen LogP contribution in [0, 0.1) is 0 Å². The number of alkyl halides is 3. The zero-order valence-electron chi connectivity index (χ0n) is 13.5. The largest absolute Gasteiger partial charge is 0.417 e. The average Bonchev–Trinajstić information content (AvgIpc) is 3.03. The van der Waals surface area contributed by atoms with Crippen LogP contribution in [0.1, 0.15) is 11.1 Å². The number of benzene rings is 1. The third-order valence-corrected chi connectivity index (χ3v) is 3.86. The number of hydrogen-bond acceptors (Lipinski definition) is 4. The zero-order chi connectivity index (χ0) is 19.4. The highest BCUT2D eigenvalue weighted by Gasteiger charge is 2.31. The van der Waals surface area contributed by atoms with Gasteiger partial charge in [-0.05, 0) is 22.9 Å². The van der Waals surface area contributed by atoms with Gasteiger partial charge < -0.3 is 5.32 Å². The molecule has 0 bridgehead atoms. The molecule has 0 aliphatic rings. The lowest BCUT2D eigenvalue weighted by Gasteiger charge is -2.08. The smallest absolute Gasteiger partial charge is 0.306 e. The number of nitrogens with one attached hydrogen (secondary N) is 2. The minimum Gasteiger partial charge on any atom is -0.306 e. The Morgan fingerprint density at radius 3 is 2.63 bits per heavy atom. The van der Waals surface area contributed by atoms with Crippen LogP contribution >= 0.6 is 15.9 Å². The molecule has 0 spiro atoms. The fraction of sp³-hybridized carbons (Fsp3) is 0.125. The van der Waals surface area contributed by atoms with Crippen molar-refractivity contribution < 1.29 is 27.2 Å². The Bertz CT molecular complexity index is 944. The van der Waals surface area contributed by atoms with Crippen molar-refractivity contribution in [3.8, 4) is 0 Å². The van der Waals surface area contributed by atoms with Gasteiger partial charge in [-0.2, -0.15) is 13.2 Å². The number of aromatic nitrogens is 3. The summed E-state index contributed by atoms with van der Waals surface area (Å²) in [5, 5.41) is 8.37. The predicted octanol–water partition coefficient (Wildman–Crippen LogP) is 3.83. The van der Waals surface area contributed by atoms with Crippen LogP contribution in [0.25, 0.3) is 0 Å². The van der Waals surface area contributed by atoms with E-state index in [1.54, 1.807) is 0 Å². The van der Waals surface area contributed by atoms with Crippen molar-refractivity contribution in [2.24, 2.45) is 0 Å². The first-order valence-corrected chi connectivity index (χ1v) is 8.30. The van der Waals surface area contributed by atoms with Gasteiger partial charge >= 0.3 is 18.1 Å². The highest BCUT2D eigenvalue weighted by molar-refractivity contribution is 9.10. The van der Waals surface area contributed by atoms with Gasteiger partial charge in [0.05, 0.1) is 17.4 Å². The van der Waals surface area contributed by atoms with Crippen molar-refractivity contribution in [3.05, 3.63) is 64.5 Å². The summed E-state index contributed by atoms with van der Waals surface area (Å²) < 4.78 is 45.4. The molecule has 140 valence electrons. The molecular formula is C16H12BrF3N5O2+. The number of rotatable bonds is 4. The summed E-state index contributed by atoms with van der Waals surface area (Å²) in [5.74, 6) is 0.0320. The molecule has 2 heterocycles. The van der Waals surface area contributed by atoms with Crippen LogP contribution in [0.5, 0.6) is 0 Å². The Morgan fingerprint density at radius 2 is 1.93 bits per heavy atom. The van der Waals surface area contributed by atoms with Crippen molar-refractivity contribution in [2.45, 2.75) is 12.7 Å². The third kappa shape index (κ3) is 5.26. The Labute approximate surface area is 159 Å². The molecule has 0 saturated carbocycles. The molecule has 0 unspecified atom stereocenters. The second-order valence-electron chi connectivity index (χ2n) is 5.43. The number of amides is 2. The van der Waals surface area contributed by atoms with Crippen molar-refractivity contribution in [3.63, 3.8) is 0 Å². The lowest BCUT2D eigenvalue weighted by molar-refractivity contribution is -0.754. The molecule has 0 aliphatic heterocycles. The van der Waals surface area contributed by atoms with E-state index in [4.69, 9.17) is 4.52 Å². The molecule has 27 heavy (non-hydrogen) atoms. The Balaban J connectivity index is 1.60. The number of hydrogen-bond donors (Lipinski definition) is 2. The van der Waals surface area contributed by atoms with Gasteiger partial charge in [-0.3, -0.25) is 14.8 Å². The number of urea groups is 1. The first-order chi connectivity index (χ1) is 12.8. The number of nitrogens with zero attached hydrogens (tertiary/aromatic N) is 3. The second kappa shape index (κ2) is 7.74. The molecule has 2 aromatic heterocycles.